The predicted octanol–water partition coefficient (Wildman–Crippen LogP) is 3.16. The van der Waals surface area contributed by atoms with Gasteiger partial charge in [0.1, 0.15) is 11.6 Å². The third kappa shape index (κ3) is 5.51. The Morgan fingerprint density at radius 1 is 1.23 bits per heavy atom. The SMILES string of the molecule is CN=C(NCC1CCCOC1c1ccc(C)cc1)NC1CCc2nc(C)nn2C1.I. The molecule has 0 spiro atoms. The maximum absolute atomic E-state index is 6.15. The molecule has 0 aliphatic carbocycles. The maximum Gasteiger partial charge on any atom is 0.191 e. The molecule has 3 heterocycles. The number of fused-ring (bicyclic) bond motifs is 1. The molecule has 2 N–H and O–H groups in total. The normalized spacial score (nSPS) is 24.0. The second-order valence-electron chi connectivity index (χ2n) is 8.19. The van der Waals surface area contributed by atoms with E-state index in [1.54, 1.807) is 0 Å². The van der Waals surface area contributed by atoms with Gasteiger partial charge in [-0.2, -0.15) is 5.10 Å². The number of nitrogens with one attached hydrogen (secondary N) is 2. The summed E-state index contributed by atoms with van der Waals surface area (Å²) in [5.41, 5.74) is 2.55. The highest BCUT2D eigenvalue weighted by atomic mass is 127. The third-order valence-corrected chi connectivity index (χ3v) is 5.91. The summed E-state index contributed by atoms with van der Waals surface area (Å²) in [6.07, 6.45) is 4.40. The number of hydrogen-bond acceptors (Lipinski definition) is 4. The molecule has 2 aliphatic rings. The van der Waals surface area contributed by atoms with E-state index in [1.807, 2.05) is 18.7 Å². The zero-order valence-electron chi connectivity index (χ0n) is 18.1. The van der Waals surface area contributed by atoms with Gasteiger partial charge in [0.05, 0.1) is 12.6 Å². The van der Waals surface area contributed by atoms with Crippen LogP contribution in [-0.4, -0.2) is 47.0 Å². The molecule has 3 atom stereocenters. The number of halogens is 1. The van der Waals surface area contributed by atoms with Crippen LogP contribution < -0.4 is 10.6 Å². The number of ether oxygens (including phenoxy) is 1. The van der Waals surface area contributed by atoms with Crippen LogP contribution in [0, 0.1) is 19.8 Å². The van der Waals surface area contributed by atoms with Gasteiger partial charge < -0.3 is 15.4 Å². The van der Waals surface area contributed by atoms with Crippen molar-refractivity contribution in [1.29, 1.82) is 0 Å². The molecule has 8 heteroatoms. The van der Waals surface area contributed by atoms with Gasteiger partial charge in [-0.1, -0.05) is 29.8 Å². The Morgan fingerprint density at radius 3 is 2.80 bits per heavy atom. The molecule has 1 aromatic carbocycles. The van der Waals surface area contributed by atoms with E-state index in [0.717, 1.165) is 63.0 Å². The van der Waals surface area contributed by atoms with Crippen LogP contribution in [0.3, 0.4) is 0 Å². The van der Waals surface area contributed by atoms with E-state index < -0.39 is 0 Å². The number of rotatable bonds is 4. The van der Waals surface area contributed by atoms with Gasteiger partial charge in [-0.25, -0.2) is 9.67 Å². The molecule has 2 aromatic rings. The van der Waals surface area contributed by atoms with E-state index >= 15 is 0 Å². The van der Waals surface area contributed by atoms with E-state index in [0.29, 0.717) is 12.0 Å². The summed E-state index contributed by atoms with van der Waals surface area (Å²) < 4.78 is 8.17. The molecule has 164 valence electrons. The van der Waals surface area contributed by atoms with Crippen LogP contribution in [0.25, 0.3) is 0 Å². The lowest BCUT2D eigenvalue weighted by atomic mass is 9.89. The first-order chi connectivity index (χ1) is 14.1. The van der Waals surface area contributed by atoms with E-state index in [9.17, 15) is 0 Å². The Labute approximate surface area is 196 Å². The second kappa shape index (κ2) is 10.6. The molecule has 0 radical (unpaired) electrons. The number of aliphatic imine (C=N–C) groups is 1. The van der Waals surface area contributed by atoms with Crippen LogP contribution in [0.2, 0.25) is 0 Å². The monoisotopic (exact) mass is 524 g/mol. The summed E-state index contributed by atoms with van der Waals surface area (Å²) in [6.45, 7) is 6.58. The van der Waals surface area contributed by atoms with Gasteiger partial charge in [0.25, 0.3) is 0 Å². The summed E-state index contributed by atoms with van der Waals surface area (Å²) >= 11 is 0. The van der Waals surface area contributed by atoms with E-state index in [2.05, 4.69) is 56.9 Å². The fourth-order valence-electron chi connectivity index (χ4n) is 4.34. The fraction of sp³-hybridized carbons (Fsp3) is 0.591. The third-order valence-electron chi connectivity index (χ3n) is 5.91. The molecular formula is C22H33IN6O. The highest BCUT2D eigenvalue weighted by Crippen LogP contribution is 2.33. The minimum atomic E-state index is 0. The Bertz CT molecular complexity index is 850. The van der Waals surface area contributed by atoms with Crippen molar-refractivity contribution >= 4 is 29.9 Å². The molecule has 0 amide bonds. The summed E-state index contributed by atoms with van der Waals surface area (Å²) in [7, 11) is 1.83. The molecule has 4 rings (SSSR count). The first-order valence-electron chi connectivity index (χ1n) is 10.7. The van der Waals surface area contributed by atoms with Crippen LogP contribution in [0.15, 0.2) is 29.3 Å². The maximum atomic E-state index is 6.15. The average molecular weight is 524 g/mol. The summed E-state index contributed by atoms with van der Waals surface area (Å²) in [5.74, 6) is 3.22. The van der Waals surface area contributed by atoms with Gasteiger partial charge in [0.15, 0.2) is 5.96 Å². The lowest BCUT2D eigenvalue weighted by Crippen LogP contribution is -2.48. The van der Waals surface area contributed by atoms with Crippen LogP contribution in [-0.2, 0) is 17.7 Å². The van der Waals surface area contributed by atoms with Crippen LogP contribution in [0.5, 0.6) is 0 Å². The molecule has 3 unspecified atom stereocenters. The summed E-state index contributed by atoms with van der Waals surface area (Å²) in [5, 5.41) is 11.6. The molecule has 0 saturated carbocycles. The zero-order valence-corrected chi connectivity index (χ0v) is 20.4. The number of benzene rings is 1. The molecule has 1 saturated heterocycles. The average Bonchev–Trinajstić information content (AvgIpc) is 3.11. The highest BCUT2D eigenvalue weighted by molar-refractivity contribution is 14.0. The molecule has 2 aliphatic heterocycles. The lowest BCUT2D eigenvalue weighted by molar-refractivity contribution is -0.0265. The van der Waals surface area contributed by atoms with Crippen molar-refractivity contribution in [3.8, 4) is 0 Å². The standard InChI is InChI=1S/C22H32N6O.HI/c1-15-6-8-17(9-7-15)21-18(5-4-12-29-21)13-24-22(23-3)26-19-10-11-20-25-16(2)27-28(20)14-19;/h6-9,18-19,21H,4-5,10-14H2,1-3H3,(H2,23,24,26);1H. The van der Waals surface area contributed by atoms with Gasteiger partial charge >= 0.3 is 0 Å². The summed E-state index contributed by atoms with van der Waals surface area (Å²) in [4.78, 5) is 8.93. The van der Waals surface area contributed by atoms with E-state index in [1.165, 1.54) is 11.1 Å². The van der Waals surface area contributed by atoms with Crippen LogP contribution >= 0.6 is 24.0 Å². The van der Waals surface area contributed by atoms with Crippen LogP contribution in [0.1, 0.15) is 48.1 Å². The number of hydrogen-bond donors (Lipinski definition) is 2. The number of guanidine groups is 1. The highest BCUT2D eigenvalue weighted by Gasteiger charge is 2.28. The molecule has 30 heavy (non-hydrogen) atoms. The Hall–Kier alpha value is -1.68. The quantitative estimate of drug-likeness (QED) is 0.365. The van der Waals surface area contributed by atoms with Gasteiger partial charge in [-0.05, 0) is 38.7 Å². The number of aryl methyl sites for hydroxylation is 3. The van der Waals surface area contributed by atoms with Crippen molar-refractivity contribution in [1.82, 2.24) is 25.4 Å². The Kier molecular flexibility index (Phi) is 8.10. The molecule has 0 bridgehead atoms. The molecular weight excluding hydrogens is 491 g/mol. The first kappa shape index (κ1) is 23.0. The van der Waals surface area contributed by atoms with Crippen molar-refractivity contribution in [2.75, 3.05) is 20.2 Å². The van der Waals surface area contributed by atoms with Gasteiger partial charge in [-0.15, -0.1) is 24.0 Å². The predicted molar refractivity (Wildman–Crippen MR) is 129 cm³/mol. The van der Waals surface area contributed by atoms with Gasteiger partial charge in [0.2, 0.25) is 0 Å². The van der Waals surface area contributed by atoms with Gasteiger partial charge in [0, 0.05) is 38.6 Å². The van der Waals surface area contributed by atoms with Crippen molar-refractivity contribution < 1.29 is 4.74 Å². The zero-order chi connectivity index (χ0) is 20.2. The molecule has 7 nitrogen and oxygen atoms in total. The van der Waals surface area contributed by atoms with Crippen molar-refractivity contribution in [3.05, 3.63) is 47.0 Å². The van der Waals surface area contributed by atoms with E-state index in [4.69, 9.17) is 4.74 Å². The largest absolute Gasteiger partial charge is 0.373 e. The smallest absolute Gasteiger partial charge is 0.191 e. The topological polar surface area (TPSA) is 76.4 Å². The van der Waals surface area contributed by atoms with Crippen molar-refractivity contribution in [2.24, 2.45) is 10.9 Å². The minimum Gasteiger partial charge on any atom is -0.373 e. The number of aromatic nitrogens is 3. The Morgan fingerprint density at radius 2 is 2.03 bits per heavy atom. The van der Waals surface area contributed by atoms with E-state index in [-0.39, 0.29) is 30.1 Å². The van der Waals surface area contributed by atoms with Crippen molar-refractivity contribution in [3.63, 3.8) is 0 Å². The van der Waals surface area contributed by atoms with Crippen LogP contribution in [0.4, 0.5) is 0 Å². The second-order valence-corrected chi connectivity index (χ2v) is 8.19. The Balaban J connectivity index is 0.00000256. The number of nitrogens with zero attached hydrogens (tertiary/aromatic N) is 4. The molecule has 1 aromatic heterocycles. The fourth-order valence-corrected chi connectivity index (χ4v) is 4.34. The van der Waals surface area contributed by atoms with Gasteiger partial charge in [-0.3, -0.25) is 4.99 Å². The summed E-state index contributed by atoms with van der Waals surface area (Å²) in [6, 6.07) is 9.05. The van der Waals surface area contributed by atoms with Crippen molar-refractivity contribution in [2.45, 2.75) is 58.2 Å². The first-order valence-corrected chi connectivity index (χ1v) is 10.7. The molecule has 1 fully saturated rings. The minimum absolute atomic E-state index is 0. The lowest BCUT2D eigenvalue weighted by Gasteiger charge is -2.33.